The van der Waals surface area contributed by atoms with Gasteiger partial charge in [0.25, 0.3) is 0 Å². The van der Waals surface area contributed by atoms with Crippen LogP contribution >= 0.6 is 0 Å². The van der Waals surface area contributed by atoms with Gasteiger partial charge in [-0.1, -0.05) is 50.3 Å². The van der Waals surface area contributed by atoms with Crippen molar-refractivity contribution in [3.05, 3.63) is 69.8 Å². The van der Waals surface area contributed by atoms with Crippen molar-refractivity contribution in [2.75, 3.05) is 0 Å². The molecule has 2 nitrogen and oxygen atoms in total. The summed E-state index contributed by atoms with van der Waals surface area (Å²) in [6.45, 7) is 6.83. The zero-order chi connectivity index (χ0) is 17.3. The molecule has 2 aromatic rings. The molecule has 0 bridgehead atoms. The fourth-order valence-electron chi connectivity index (χ4n) is 3.58. The van der Waals surface area contributed by atoms with Gasteiger partial charge in [0.2, 0.25) is 0 Å². The number of aromatic carboxylic acids is 1. The van der Waals surface area contributed by atoms with Crippen LogP contribution in [0, 0.1) is 6.92 Å². The standard InChI is InChI=1S/C22H24O2/c1-15-13-19-5-4-12-22(2,3)20(19)14-18(15)11-8-16-6-9-17(10-7-16)21(23)24/h6-11,13-14H,4-5,12H2,1-3H3,(H,23,24). The van der Waals surface area contributed by atoms with E-state index >= 15 is 0 Å². The Morgan fingerprint density at radius 3 is 2.50 bits per heavy atom. The monoisotopic (exact) mass is 320 g/mol. The maximum absolute atomic E-state index is 10.9. The van der Waals surface area contributed by atoms with Crippen molar-refractivity contribution in [3.63, 3.8) is 0 Å². The number of hydrogen-bond acceptors (Lipinski definition) is 1. The summed E-state index contributed by atoms with van der Waals surface area (Å²) in [5.41, 5.74) is 7.07. The molecule has 2 aromatic carbocycles. The van der Waals surface area contributed by atoms with Crippen molar-refractivity contribution in [1.29, 1.82) is 0 Å². The molecule has 0 aliphatic heterocycles. The lowest BCUT2D eigenvalue weighted by molar-refractivity contribution is 0.0697. The zero-order valence-corrected chi connectivity index (χ0v) is 14.6. The third-order valence-electron chi connectivity index (χ3n) is 5.08. The largest absolute Gasteiger partial charge is 0.478 e. The fraction of sp³-hybridized carbons (Fsp3) is 0.318. The average molecular weight is 320 g/mol. The van der Waals surface area contributed by atoms with Gasteiger partial charge in [-0.05, 0) is 71.6 Å². The van der Waals surface area contributed by atoms with Crippen LogP contribution in [-0.2, 0) is 11.8 Å². The molecule has 0 fully saturated rings. The molecular formula is C22H24O2. The normalized spacial score (nSPS) is 16.1. The number of carboxylic acids is 1. The van der Waals surface area contributed by atoms with Crippen molar-refractivity contribution in [3.8, 4) is 0 Å². The molecule has 1 N–H and O–H groups in total. The maximum Gasteiger partial charge on any atom is 0.335 e. The topological polar surface area (TPSA) is 37.3 Å². The number of benzene rings is 2. The third-order valence-corrected chi connectivity index (χ3v) is 5.08. The predicted octanol–water partition coefficient (Wildman–Crippen LogP) is 5.48. The first-order valence-electron chi connectivity index (χ1n) is 8.52. The summed E-state index contributed by atoms with van der Waals surface area (Å²) in [5, 5.41) is 8.96. The van der Waals surface area contributed by atoms with Crippen molar-refractivity contribution in [2.24, 2.45) is 0 Å². The van der Waals surface area contributed by atoms with Crippen molar-refractivity contribution in [1.82, 2.24) is 0 Å². The van der Waals surface area contributed by atoms with Crippen LogP contribution in [0.5, 0.6) is 0 Å². The van der Waals surface area contributed by atoms with Gasteiger partial charge in [0.15, 0.2) is 0 Å². The highest BCUT2D eigenvalue weighted by Gasteiger charge is 2.27. The molecule has 1 aliphatic carbocycles. The molecule has 0 heterocycles. The van der Waals surface area contributed by atoms with Crippen LogP contribution in [0.4, 0.5) is 0 Å². The first-order chi connectivity index (χ1) is 11.4. The molecule has 0 unspecified atom stereocenters. The molecule has 0 saturated heterocycles. The molecule has 0 radical (unpaired) electrons. The summed E-state index contributed by atoms with van der Waals surface area (Å²) in [4.78, 5) is 10.9. The smallest absolute Gasteiger partial charge is 0.335 e. The minimum atomic E-state index is -0.890. The van der Waals surface area contributed by atoms with Crippen LogP contribution in [0.15, 0.2) is 36.4 Å². The Balaban J connectivity index is 1.91. The lowest BCUT2D eigenvalue weighted by Gasteiger charge is -2.33. The van der Waals surface area contributed by atoms with E-state index in [0.29, 0.717) is 5.56 Å². The zero-order valence-electron chi connectivity index (χ0n) is 14.6. The SMILES string of the molecule is Cc1cc2c(cc1C=Cc1ccc(C(=O)O)cc1)C(C)(C)CCC2. The molecule has 0 saturated carbocycles. The van der Waals surface area contributed by atoms with Crippen LogP contribution in [0.2, 0.25) is 0 Å². The number of aryl methyl sites for hydroxylation is 2. The van der Waals surface area contributed by atoms with E-state index in [4.69, 9.17) is 5.11 Å². The Hall–Kier alpha value is -2.35. The van der Waals surface area contributed by atoms with E-state index in [1.807, 2.05) is 12.1 Å². The number of carboxylic acid groups (broad SMARTS) is 1. The van der Waals surface area contributed by atoms with Crippen molar-refractivity contribution in [2.45, 2.75) is 45.4 Å². The molecule has 0 aromatic heterocycles. The number of carbonyl (C=O) groups is 1. The minimum absolute atomic E-state index is 0.243. The Morgan fingerprint density at radius 1 is 1.12 bits per heavy atom. The second-order valence-electron chi connectivity index (χ2n) is 7.36. The summed E-state index contributed by atoms with van der Waals surface area (Å²) in [5.74, 6) is -0.890. The summed E-state index contributed by atoms with van der Waals surface area (Å²) >= 11 is 0. The number of rotatable bonds is 3. The lowest BCUT2D eigenvalue weighted by atomic mass is 9.72. The molecule has 0 atom stereocenters. The average Bonchev–Trinajstić information content (AvgIpc) is 2.53. The van der Waals surface area contributed by atoms with Crippen molar-refractivity contribution < 1.29 is 9.90 Å². The van der Waals surface area contributed by atoms with Gasteiger partial charge >= 0.3 is 5.97 Å². The first kappa shape index (κ1) is 16.5. The van der Waals surface area contributed by atoms with E-state index in [-0.39, 0.29) is 5.41 Å². The molecule has 3 rings (SSSR count). The Kier molecular flexibility index (Phi) is 4.31. The molecule has 1 aliphatic rings. The fourth-order valence-corrected chi connectivity index (χ4v) is 3.58. The van der Waals surface area contributed by atoms with Gasteiger partial charge in [-0.2, -0.15) is 0 Å². The highest BCUT2D eigenvalue weighted by molar-refractivity contribution is 5.88. The van der Waals surface area contributed by atoms with Crippen molar-refractivity contribution >= 4 is 18.1 Å². The van der Waals surface area contributed by atoms with Crippen LogP contribution in [0.25, 0.3) is 12.2 Å². The Morgan fingerprint density at radius 2 is 1.83 bits per heavy atom. The second-order valence-corrected chi connectivity index (χ2v) is 7.36. The summed E-state index contributed by atoms with van der Waals surface area (Å²) in [6.07, 6.45) is 7.87. The first-order valence-corrected chi connectivity index (χ1v) is 8.52. The summed E-state index contributed by atoms with van der Waals surface area (Å²) < 4.78 is 0. The van der Waals surface area contributed by atoms with Crippen LogP contribution in [-0.4, -0.2) is 11.1 Å². The second kappa shape index (κ2) is 6.27. The summed E-state index contributed by atoms with van der Waals surface area (Å²) in [6, 6.07) is 11.7. The molecule has 0 spiro atoms. The van der Waals surface area contributed by atoms with Gasteiger partial charge in [-0.3, -0.25) is 0 Å². The van der Waals surface area contributed by atoms with Gasteiger partial charge in [-0.25, -0.2) is 4.79 Å². The van der Waals surface area contributed by atoms with Gasteiger partial charge in [0, 0.05) is 0 Å². The number of fused-ring (bicyclic) bond motifs is 1. The van der Waals surface area contributed by atoms with Crippen LogP contribution in [0.1, 0.15) is 64.9 Å². The van der Waals surface area contributed by atoms with Gasteiger partial charge in [-0.15, -0.1) is 0 Å². The van der Waals surface area contributed by atoms with Crippen LogP contribution in [0.3, 0.4) is 0 Å². The molecule has 2 heteroatoms. The Bertz CT molecular complexity index is 795. The molecule has 0 amide bonds. The quantitative estimate of drug-likeness (QED) is 0.761. The molecular weight excluding hydrogens is 296 g/mol. The molecule has 24 heavy (non-hydrogen) atoms. The lowest BCUT2D eigenvalue weighted by Crippen LogP contribution is -2.24. The van der Waals surface area contributed by atoms with E-state index in [1.54, 1.807) is 12.1 Å². The highest BCUT2D eigenvalue weighted by atomic mass is 16.4. The highest BCUT2D eigenvalue weighted by Crippen LogP contribution is 2.38. The van der Waals surface area contributed by atoms with E-state index in [0.717, 1.165) is 5.56 Å². The third kappa shape index (κ3) is 3.28. The van der Waals surface area contributed by atoms with Crippen LogP contribution < -0.4 is 0 Å². The number of hydrogen-bond donors (Lipinski definition) is 1. The van der Waals surface area contributed by atoms with Gasteiger partial charge < -0.3 is 5.11 Å². The maximum atomic E-state index is 10.9. The van der Waals surface area contributed by atoms with Gasteiger partial charge in [0.1, 0.15) is 0 Å². The summed E-state index contributed by atoms with van der Waals surface area (Å²) in [7, 11) is 0. The predicted molar refractivity (Wildman–Crippen MR) is 99.5 cm³/mol. The van der Waals surface area contributed by atoms with E-state index in [2.05, 4.69) is 45.1 Å². The Labute approximate surface area is 143 Å². The van der Waals surface area contributed by atoms with E-state index in [9.17, 15) is 4.79 Å². The van der Waals surface area contributed by atoms with Gasteiger partial charge in [0.05, 0.1) is 5.56 Å². The van der Waals surface area contributed by atoms with E-state index in [1.165, 1.54) is 41.5 Å². The molecule has 124 valence electrons. The minimum Gasteiger partial charge on any atom is -0.478 e. The van der Waals surface area contributed by atoms with E-state index < -0.39 is 5.97 Å².